The summed E-state index contributed by atoms with van der Waals surface area (Å²) < 4.78 is 28.4. The Labute approximate surface area is 192 Å². The fraction of sp³-hybridized carbons (Fsp3) is 0.300. The van der Waals surface area contributed by atoms with Crippen molar-refractivity contribution in [1.82, 2.24) is 15.8 Å². The average Bonchev–Trinajstić information content (AvgIpc) is 3.35. The molecule has 4 rings (SSSR count). The SMILES string of the molecule is O=C1NOCC1NC(=S)c1ccc(C2=NCC(c3cc(Cl)cc(Cl)c3)(C(F)F)C2)nc1. The van der Waals surface area contributed by atoms with Gasteiger partial charge in [-0.2, -0.15) is 0 Å². The minimum absolute atomic E-state index is 0.00400. The fourth-order valence-corrected chi connectivity index (χ4v) is 4.31. The molecule has 11 heteroatoms. The van der Waals surface area contributed by atoms with Crippen LogP contribution in [0.3, 0.4) is 0 Å². The van der Waals surface area contributed by atoms with Crippen LogP contribution in [-0.2, 0) is 15.0 Å². The molecule has 2 aromatic rings. The van der Waals surface area contributed by atoms with E-state index >= 15 is 0 Å². The van der Waals surface area contributed by atoms with Gasteiger partial charge in [0.25, 0.3) is 5.91 Å². The van der Waals surface area contributed by atoms with Crippen LogP contribution >= 0.6 is 35.4 Å². The van der Waals surface area contributed by atoms with Gasteiger partial charge in [-0.25, -0.2) is 14.3 Å². The molecule has 1 amide bonds. The van der Waals surface area contributed by atoms with Crippen molar-refractivity contribution in [3.05, 3.63) is 63.4 Å². The van der Waals surface area contributed by atoms with Crippen molar-refractivity contribution in [3.63, 3.8) is 0 Å². The molecule has 3 heterocycles. The second-order valence-corrected chi connectivity index (χ2v) is 8.57. The first-order chi connectivity index (χ1) is 14.8. The number of carbonyl (C=O) groups is 1. The zero-order valence-corrected chi connectivity index (χ0v) is 18.2. The Morgan fingerprint density at radius 2 is 2.03 bits per heavy atom. The van der Waals surface area contributed by atoms with Crippen LogP contribution in [0.25, 0.3) is 0 Å². The third-order valence-electron chi connectivity index (χ3n) is 5.26. The molecule has 2 aliphatic rings. The molecule has 2 atom stereocenters. The first-order valence-corrected chi connectivity index (χ1v) is 10.4. The van der Waals surface area contributed by atoms with E-state index in [4.69, 9.17) is 40.3 Å². The third-order valence-corrected chi connectivity index (χ3v) is 6.05. The fourth-order valence-electron chi connectivity index (χ4n) is 3.52. The first kappa shape index (κ1) is 22.0. The lowest BCUT2D eigenvalue weighted by Crippen LogP contribution is -2.41. The summed E-state index contributed by atoms with van der Waals surface area (Å²) in [5.74, 6) is -0.309. The number of thiocarbonyl (C=S) groups is 1. The van der Waals surface area contributed by atoms with Gasteiger partial charge in [0.1, 0.15) is 17.6 Å². The molecule has 0 radical (unpaired) electrons. The number of carbonyl (C=O) groups excluding carboxylic acids is 1. The molecular formula is C20H16Cl2F2N4O2S. The van der Waals surface area contributed by atoms with Crippen molar-refractivity contribution in [3.8, 4) is 0 Å². The number of alkyl halides is 2. The number of nitrogens with zero attached hydrogens (tertiary/aromatic N) is 2. The number of aliphatic imine (C=N–C) groups is 1. The van der Waals surface area contributed by atoms with Crippen LogP contribution < -0.4 is 10.8 Å². The largest absolute Gasteiger partial charge is 0.362 e. The van der Waals surface area contributed by atoms with Crippen molar-refractivity contribution >= 4 is 52.0 Å². The zero-order valence-electron chi connectivity index (χ0n) is 15.9. The first-order valence-electron chi connectivity index (χ1n) is 9.25. The Kier molecular flexibility index (Phi) is 6.20. The van der Waals surface area contributed by atoms with Crippen LogP contribution in [0.15, 0.2) is 41.5 Å². The molecule has 0 spiro atoms. The van der Waals surface area contributed by atoms with Crippen LogP contribution in [0.5, 0.6) is 0 Å². The van der Waals surface area contributed by atoms with E-state index in [9.17, 15) is 13.6 Å². The Hall–Kier alpha value is -2.20. The number of halogens is 4. The number of hydroxylamine groups is 1. The predicted molar refractivity (Wildman–Crippen MR) is 117 cm³/mol. The summed E-state index contributed by atoms with van der Waals surface area (Å²) >= 11 is 17.4. The van der Waals surface area contributed by atoms with E-state index in [2.05, 4.69) is 20.8 Å². The smallest absolute Gasteiger partial charge is 0.268 e. The number of hydrogen-bond acceptors (Lipinski definition) is 5. The molecule has 2 unspecified atom stereocenters. The Morgan fingerprint density at radius 1 is 1.29 bits per heavy atom. The number of benzene rings is 1. The summed E-state index contributed by atoms with van der Waals surface area (Å²) in [6.07, 6.45) is -1.16. The molecular weight excluding hydrogens is 469 g/mol. The van der Waals surface area contributed by atoms with Crippen molar-refractivity contribution in [2.45, 2.75) is 24.3 Å². The number of aromatic nitrogens is 1. The minimum Gasteiger partial charge on any atom is -0.362 e. The Bertz CT molecular complexity index is 1050. The van der Waals surface area contributed by atoms with Crippen molar-refractivity contribution in [2.75, 3.05) is 13.2 Å². The van der Waals surface area contributed by atoms with Crippen molar-refractivity contribution in [1.29, 1.82) is 0 Å². The van der Waals surface area contributed by atoms with E-state index in [0.717, 1.165) is 0 Å². The maximum atomic E-state index is 14.2. The van der Waals surface area contributed by atoms with Gasteiger partial charge in [0.15, 0.2) is 0 Å². The normalized spacial score (nSPS) is 23.1. The van der Waals surface area contributed by atoms with Crippen LogP contribution in [-0.4, -0.2) is 47.2 Å². The second-order valence-electron chi connectivity index (χ2n) is 7.29. The number of pyridine rings is 1. The number of rotatable bonds is 5. The third kappa shape index (κ3) is 4.41. The highest BCUT2D eigenvalue weighted by atomic mass is 35.5. The van der Waals surface area contributed by atoms with Gasteiger partial charge in [-0.1, -0.05) is 35.4 Å². The summed E-state index contributed by atoms with van der Waals surface area (Å²) in [6.45, 7) is 0.0569. The van der Waals surface area contributed by atoms with Gasteiger partial charge in [0.2, 0.25) is 6.43 Å². The van der Waals surface area contributed by atoms with E-state index in [0.29, 0.717) is 37.6 Å². The monoisotopic (exact) mass is 484 g/mol. The van der Waals surface area contributed by atoms with E-state index in [1.807, 2.05) is 0 Å². The van der Waals surface area contributed by atoms with Gasteiger partial charge in [-0.15, -0.1) is 0 Å². The summed E-state index contributed by atoms with van der Waals surface area (Å²) in [5, 5.41) is 3.48. The average molecular weight is 485 g/mol. The molecule has 0 bridgehead atoms. The van der Waals surface area contributed by atoms with E-state index in [-0.39, 0.29) is 25.5 Å². The highest BCUT2D eigenvalue weighted by Gasteiger charge is 2.46. The quantitative estimate of drug-likeness (QED) is 0.635. The molecule has 1 saturated heterocycles. The van der Waals surface area contributed by atoms with E-state index in [1.54, 1.807) is 12.1 Å². The number of amides is 1. The number of hydrogen-bond donors (Lipinski definition) is 2. The standard InChI is InChI=1S/C20H16Cl2F2N4O2S/c21-12-3-11(4-13(22)5-12)20(19(23)24)6-15(26-9-20)14-2-1-10(7-25-14)18(31)27-16-8-30-28-17(16)29/h1-5,7,16,19H,6,8-9H2,(H,27,31)(H,28,29). The van der Waals surface area contributed by atoms with Gasteiger partial charge in [0, 0.05) is 28.2 Å². The van der Waals surface area contributed by atoms with Gasteiger partial charge >= 0.3 is 0 Å². The van der Waals surface area contributed by atoms with Crippen molar-refractivity contribution in [2.24, 2.45) is 4.99 Å². The van der Waals surface area contributed by atoms with E-state index in [1.165, 1.54) is 24.4 Å². The zero-order chi connectivity index (χ0) is 22.2. The molecule has 1 aromatic heterocycles. The predicted octanol–water partition coefficient (Wildman–Crippen LogP) is 3.48. The summed E-state index contributed by atoms with van der Waals surface area (Å²) in [6, 6.07) is 7.29. The summed E-state index contributed by atoms with van der Waals surface area (Å²) in [5.41, 5.74) is 2.59. The maximum absolute atomic E-state index is 14.2. The van der Waals surface area contributed by atoms with Crippen LogP contribution in [0.2, 0.25) is 10.0 Å². The lowest BCUT2D eigenvalue weighted by molar-refractivity contribution is -0.124. The van der Waals surface area contributed by atoms with Gasteiger partial charge < -0.3 is 5.32 Å². The lowest BCUT2D eigenvalue weighted by atomic mass is 9.78. The minimum atomic E-state index is -2.67. The topological polar surface area (TPSA) is 75.6 Å². The molecule has 1 aromatic carbocycles. The molecule has 162 valence electrons. The molecule has 6 nitrogen and oxygen atoms in total. The van der Waals surface area contributed by atoms with Crippen LogP contribution in [0.4, 0.5) is 8.78 Å². The molecule has 31 heavy (non-hydrogen) atoms. The van der Waals surface area contributed by atoms with E-state index < -0.39 is 17.9 Å². The van der Waals surface area contributed by atoms with Crippen LogP contribution in [0, 0.1) is 0 Å². The lowest BCUT2D eigenvalue weighted by Gasteiger charge is -2.28. The Morgan fingerprint density at radius 3 is 2.61 bits per heavy atom. The molecule has 2 N–H and O–H groups in total. The highest BCUT2D eigenvalue weighted by molar-refractivity contribution is 7.80. The van der Waals surface area contributed by atoms with Gasteiger partial charge in [-0.3, -0.25) is 19.6 Å². The molecule has 0 saturated carbocycles. The molecule has 1 fully saturated rings. The summed E-state index contributed by atoms with van der Waals surface area (Å²) in [7, 11) is 0. The second kappa shape index (κ2) is 8.74. The number of nitrogens with one attached hydrogen (secondary N) is 2. The Balaban J connectivity index is 1.51. The maximum Gasteiger partial charge on any atom is 0.268 e. The van der Waals surface area contributed by atoms with Crippen molar-refractivity contribution < 1.29 is 18.4 Å². The summed E-state index contributed by atoms with van der Waals surface area (Å²) in [4.78, 5) is 25.5. The van der Waals surface area contributed by atoms with Crippen LogP contribution in [0.1, 0.15) is 23.2 Å². The highest BCUT2D eigenvalue weighted by Crippen LogP contribution is 2.41. The van der Waals surface area contributed by atoms with Gasteiger partial charge in [-0.05, 0) is 35.9 Å². The molecule has 0 aliphatic carbocycles. The van der Waals surface area contributed by atoms with Gasteiger partial charge in [0.05, 0.1) is 23.4 Å². The molecule has 2 aliphatic heterocycles.